The van der Waals surface area contributed by atoms with Crippen LogP contribution in [0.1, 0.15) is 57.0 Å². The fourth-order valence-electron chi connectivity index (χ4n) is 3.18. The van der Waals surface area contributed by atoms with Crippen LogP contribution >= 0.6 is 22.7 Å². The lowest BCUT2D eigenvalue weighted by atomic mass is 10.1. The first-order valence-corrected chi connectivity index (χ1v) is 13.8. The Bertz CT molecular complexity index is 1520. The quantitative estimate of drug-likeness (QED) is 0.277. The third-order valence-corrected chi connectivity index (χ3v) is 6.47. The van der Waals surface area contributed by atoms with Crippen LogP contribution in [-0.2, 0) is 20.7 Å². The van der Waals surface area contributed by atoms with Gasteiger partial charge in [0.25, 0.3) is 5.91 Å². The monoisotopic (exact) mass is 588 g/mol. The first kappa shape index (κ1) is 28.9. The summed E-state index contributed by atoms with van der Waals surface area (Å²) in [4.78, 5) is 54.0. The molecule has 0 saturated carbocycles. The number of nitrogens with two attached hydrogens (primary N) is 1. The minimum Gasteiger partial charge on any atom is -0.458 e. The standard InChI is InChI=1S/C25H28N6O7S2/c1-24(2,3)37-22(33)12(31-23(34)38-25(4,5)6)7-17-27-15(10-39-17)19-29-14(9-36-19)21-30-16(11-40-21)20-28-13(8-35-20)18(26)32/h8-12H,7H2,1-6H3,(H2,26,32)(H,31,34)/t12-/m0/s1. The van der Waals surface area contributed by atoms with Gasteiger partial charge in [0.1, 0.15) is 51.9 Å². The van der Waals surface area contributed by atoms with Gasteiger partial charge in [-0.1, -0.05) is 0 Å². The lowest BCUT2D eigenvalue weighted by molar-refractivity contribution is -0.157. The molecule has 0 saturated heterocycles. The Labute approximate surface area is 237 Å². The molecular formula is C25H28N6O7S2. The fraction of sp³-hybridized carbons (Fsp3) is 0.400. The van der Waals surface area contributed by atoms with Crippen molar-refractivity contribution in [3.05, 3.63) is 34.0 Å². The number of hydrogen-bond donors (Lipinski definition) is 2. The molecule has 1 atom stereocenters. The molecule has 4 aromatic heterocycles. The molecule has 0 aliphatic heterocycles. The highest BCUT2D eigenvalue weighted by Crippen LogP contribution is 2.31. The van der Waals surface area contributed by atoms with E-state index in [1.54, 1.807) is 52.3 Å². The fourth-order valence-corrected chi connectivity index (χ4v) is 4.73. The van der Waals surface area contributed by atoms with Crippen molar-refractivity contribution >= 4 is 40.6 Å². The van der Waals surface area contributed by atoms with E-state index in [0.29, 0.717) is 27.1 Å². The molecule has 212 valence electrons. The van der Waals surface area contributed by atoms with Crippen molar-refractivity contribution in [3.63, 3.8) is 0 Å². The van der Waals surface area contributed by atoms with E-state index in [9.17, 15) is 14.4 Å². The number of nitrogens with zero attached hydrogens (tertiary/aromatic N) is 4. The highest BCUT2D eigenvalue weighted by atomic mass is 32.1. The molecule has 0 aromatic carbocycles. The number of esters is 1. The van der Waals surface area contributed by atoms with Crippen LogP contribution in [0.4, 0.5) is 4.79 Å². The van der Waals surface area contributed by atoms with Crippen molar-refractivity contribution in [2.24, 2.45) is 5.73 Å². The Hall–Kier alpha value is -4.11. The number of hydrogen-bond acceptors (Lipinski definition) is 13. The van der Waals surface area contributed by atoms with Crippen LogP contribution in [0.3, 0.4) is 0 Å². The zero-order valence-corrected chi connectivity index (χ0v) is 24.3. The summed E-state index contributed by atoms with van der Waals surface area (Å²) >= 11 is 2.56. The van der Waals surface area contributed by atoms with Crippen LogP contribution < -0.4 is 11.1 Å². The molecule has 4 aromatic rings. The number of nitrogens with one attached hydrogen (secondary N) is 1. The van der Waals surface area contributed by atoms with Gasteiger partial charge in [0.05, 0.1) is 5.01 Å². The number of rotatable bonds is 8. The second-order valence-corrected chi connectivity index (χ2v) is 12.3. The van der Waals surface area contributed by atoms with Crippen LogP contribution in [-0.4, -0.2) is 55.1 Å². The molecule has 0 aliphatic carbocycles. The topological polar surface area (TPSA) is 186 Å². The largest absolute Gasteiger partial charge is 0.458 e. The molecule has 0 aliphatic rings. The van der Waals surface area contributed by atoms with E-state index in [4.69, 9.17) is 24.0 Å². The number of carbonyl (C=O) groups excluding carboxylic acids is 3. The summed E-state index contributed by atoms with van der Waals surface area (Å²) in [5.74, 6) is -0.909. The van der Waals surface area contributed by atoms with Gasteiger partial charge in [-0.25, -0.2) is 29.5 Å². The molecule has 0 bridgehead atoms. The average Bonchev–Trinajstić information content (AvgIpc) is 3.62. The lowest BCUT2D eigenvalue weighted by Crippen LogP contribution is -2.47. The second-order valence-electron chi connectivity index (χ2n) is 10.5. The molecular weight excluding hydrogens is 560 g/mol. The maximum absolute atomic E-state index is 12.9. The predicted molar refractivity (Wildman–Crippen MR) is 145 cm³/mol. The lowest BCUT2D eigenvalue weighted by Gasteiger charge is -2.25. The zero-order chi connectivity index (χ0) is 29.2. The summed E-state index contributed by atoms with van der Waals surface area (Å²) in [6.45, 7) is 10.4. The average molecular weight is 589 g/mol. The number of oxazole rings is 2. The van der Waals surface area contributed by atoms with Crippen LogP contribution in [0, 0.1) is 0 Å². The van der Waals surface area contributed by atoms with E-state index in [0.717, 1.165) is 0 Å². The van der Waals surface area contributed by atoms with Gasteiger partial charge in [0.2, 0.25) is 11.8 Å². The van der Waals surface area contributed by atoms with Crippen molar-refractivity contribution in [3.8, 4) is 33.9 Å². The minimum atomic E-state index is -1.02. The smallest absolute Gasteiger partial charge is 0.408 e. The highest BCUT2D eigenvalue weighted by molar-refractivity contribution is 7.13. The number of aromatic nitrogens is 4. The van der Waals surface area contributed by atoms with Crippen molar-refractivity contribution in [1.29, 1.82) is 0 Å². The number of alkyl carbamates (subject to hydrolysis) is 1. The summed E-state index contributed by atoms with van der Waals surface area (Å²) in [5, 5.41) is 7.11. The Balaban J connectivity index is 1.48. The van der Waals surface area contributed by atoms with Crippen LogP contribution in [0.25, 0.3) is 33.9 Å². The molecule has 0 unspecified atom stereocenters. The summed E-state index contributed by atoms with van der Waals surface area (Å²) in [7, 11) is 0. The normalized spacial score (nSPS) is 12.7. The van der Waals surface area contributed by atoms with Gasteiger partial charge in [-0.2, -0.15) is 0 Å². The van der Waals surface area contributed by atoms with Gasteiger partial charge in [0.15, 0.2) is 5.69 Å². The molecule has 4 rings (SSSR count). The molecule has 13 nitrogen and oxygen atoms in total. The molecule has 2 amide bonds. The number of amides is 2. The zero-order valence-electron chi connectivity index (χ0n) is 22.6. The van der Waals surface area contributed by atoms with Crippen molar-refractivity contribution in [1.82, 2.24) is 25.3 Å². The molecule has 3 N–H and O–H groups in total. The Morgan fingerprint density at radius 1 is 0.875 bits per heavy atom. The maximum atomic E-state index is 12.9. The van der Waals surface area contributed by atoms with Crippen LogP contribution in [0.15, 0.2) is 32.1 Å². The van der Waals surface area contributed by atoms with Gasteiger partial charge in [0, 0.05) is 17.2 Å². The highest BCUT2D eigenvalue weighted by Gasteiger charge is 2.30. The van der Waals surface area contributed by atoms with Crippen LogP contribution in [0.5, 0.6) is 0 Å². The van der Waals surface area contributed by atoms with Gasteiger partial charge < -0.3 is 29.4 Å². The summed E-state index contributed by atoms with van der Waals surface area (Å²) in [6.07, 6.45) is 1.94. The summed E-state index contributed by atoms with van der Waals surface area (Å²) in [5.41, 5.74) is 5.05. The van der Waals surface area contributed by atoms with E-state index < -0.39 is 35.2 Å². The van der Waals surface area contributed by atoms with Gasteiger partial charge in [-0.3, -0.25) is 4.79 Å². The molecule has 0 fully saturated rings. The van der Waals surface area contributed by atoms with Gasteiger partial charge in [-0.15, -0.1) is 22.7 Å². The Morgan fingerprint density at radius 3 is 2.15 bits per heavy atom. The number of carbonyl (C=O) groups is 3. The predicted octanol–water partition coefficient (Wildman–Crippen LogP) is 4.45. The number of thiazole rings is 2. The third-order valence-electron chi connectivity index (χ3n) is 4.74. The molecule has 4 heterocycles. The minimum absolute atomic E-state index is 0.00260. The Morgan fingerprint density at radius 2 is 1.50 bits per heavy atom. The first-order valence-electron chi connectivity index (χ1n) is 12.0. The van der Waals surface area contributed by atoms with Crippen LogP contribution in [0.2, 0.25) is 0 Å². The van der Waals surface area contributed by atoms with E-state index in [1.165, 1.54) is 35.2 Å². The molecule has 40 heavy (non-hydrogen) atoms. The van der Waals surface area contributed by atoms with E-state index in [2.05, 4.69) is 25.3 Å². The summed E-state index contributed by atoms with van der Waals surface area (Å²) in [6, 6.07) is -1.02. The number of primary amides is 1. The van der Waals surface area contributed by atoms with E-state index in [-0.39, 0.29) is 23.9 Å². The molecule has 15 heteroatoms. The maximum Gasteiger partial charge on any atom is 0.408 e. The van der Waals surface area contributed by atoms with E-state index >= 15 is 0 Å². The van der Waals surface area contributed by atoms with Crippen molar-refractivity contribution in [2.75, 3.05) is 0 Å². The van der Waals surface area contributed by atoms with Crippen molar-refractivity contribution < 1.29 is 32.7 Å². The third kappa shape index (κ3) is 7.51. The van der Waals surface area contributed by atoms with E-state index in [1.807, 2.05) is 0 Å². The second kappa shape index (κ2) is 11.2. The molecule has 0 radical (unpaired) electrons. The van der Waals surface area contributed by atoms with Crippen molar-refractivity contribution in [2.45, 2.75) is 65.2 Å². The SMILES string of the molecule is CC(C)(C)OC(=O)N[C@@H](Cc1nc(-c2nc(-c3nc(-c4nc(C(N)=O)co4)cs3)co2)cs1)C(=O)OC(C)(C)C. The summed E-state index contributed by atoms with van der Waals surface area (Å²) < 4.78 is 21.7. The van der Waals surface area contributed by atoms with Gasteiger partial charge >= 0.3 is 12.1 Å². The Kier molecular flexibility index (Phi) is 8.07. The first-order chi connectivity index (χ1) is 18.7. The number of ether oxygens (including phenoxy) is 2. The molecule has 0 spiro atoms. The van der Waals surface area contributed by atoms with Gasteiger partial charge in [-0.05, 0) is 41.5 Å².